The van der Waals surface area contributed by atoms with Crippen LogP contribution in [0.5, 0.6) is 0 Å². The van der Waals surface area contributed by atoms with E-state index in [0.717, 1.165) is 29.3 Å². The number of nitrogens with zero attached hydrogens (tertiary/aromatic N) is 2. The molecular weight excluding hydrogens is 326 g/mol. The Labute approximate surface area is 152 Å². The van der Waals surface area contributed by atoms with E-state index < -0.39 is 0 Å². The Morgan fingerprint density at radius 3 is 2.54 bits per heavy atom. The van der Waals surface area contributed by atoms with E-state index in [1.165, 1.54) is 17.4 Å². The van der Waals surface area contributed by atoms with E-state index in [1.807, 2.05) is 25.1 Å². The summed E-state index contributed by atoms with van der Waals surface area (Å²) in [6, 6.07) is 5.85. The molecule has 1 aliphatic carbocycles. The van der Waals surface area contributed by atoms with Crippen LogP contribution >= 0.6 is 0 Å². The maximum absolute atomic E-state index is 13.1. The molecule has 2 aromatic heterocycles. The van der Waals surface area contributed by atoms with Crippen LogP contribution in [0.4, 0.5) is 0 Å². The molecule has 1 unspecified atom stereocenters. The first-order valence-electron chi connectivity index (χ1n) is 9.55. The SMILES string of the molecule is CC(C)c1cccc2c1ncc1c(=O)n(C(C)C3CCCC3)c(=O)[nH]c12. The topological polar surface area (TPSA) is 67.8 Å². The summed E-state index contributed by atoms with van der Waals surface area (Å²) in [4.78, 5) is 33.5. The molecule has 1 N–H and O–H groups in total. The van der Waals surface area contributed by atoms with Crippen LogP contribution in [0.2, 0.25) is 0 Å². The lowest BCUT2D eigenvalue weighted by molar-refractivity contribution is 0.344. The number of hydrogen-bond acceptors (Lipinski definition) is 3. The summed E-state index contributed by atoms with van der Waals surface area (Å²) in [7, 11) is 0. The fourth-order valence-electron chi connectivity index (χ4n) is 4.42. The zero-order valence-corrected chi connectivity index (χ0v) is 15.6. The van der Waals surface area contributed by atoms with Crippen molar-refractivity contribution in [3.05, 3.63) is 50.8 Å². The van der Waals surface area contributed by atoms with Crippen molar-refractivity contribution in [2.24, 2.45) is 5.92 Å². The molecule has 1 atom stereocenters. The number of para-hydroxylation sites is 1. The van der Waals surface area contributed by atoms with E-state index >= 15 is 0 Å². The quantitative estimate of drug-likeness (QED) is 0.722. The third-order valence-electron chi connectivity index (χ3n) is 5.94. The maximum atomic E-state index is 13.1. The molecule has 0 spiro atoms. The number of aromatic amines is 1. The monoisotopic (exact) mass is 351 g/mol. The minimum atomic E-state index is -0.315. The summed E-state index contributed by atoms with van der Waals surface area (Å²) >= 11 is 0. The Morgan fingerprint density at radius 1 is 1.12 bits per heavy atom. The van der Waals surface area contributed by atoms with Crippen molar-refractivity contribution in [3.63, 3.8) is 0 Å². The zero-order chi connectivity index (χ0) is 18.4. The number of benzene rings is 1. The molecule has 1 aliphatic rings. The Balaban J connectivity index is 1.98. The summed E-state index contributed by atoms with van der Waals surface area (Å²) in [5.74, 6) is 0.713. The molecule has 136 valence electrons. The average molecular weight is 351 g/mol. The highest BCUT2D eigenvalue weighted by molar-refractivity contribution is 6.03. The van der Waals surface area contributed by atoms with Gasteiger partial charge in [-0.15, -0.1) is 0 Å². The average Bonchev–Trinajstić information content (AvgIpc) is 3.15. The normalized spacial score (nSPS) is 16.8. The largest absolute Gasteiger partial charge is 0.329 e. The zero-order valence-electron chi connectivity index (χ0n) is 15.6. The van der Waals surface area contributed by atoms with Gasteiger partial charge in [0.1, 0.15) is 0 Å². The van der Waals surface area contributed by atoms with Gasteiger partial charge >= 0.3 is 5.69 Å². The lowest BCUT2D eigenvalue weighted by Crippen LogP contribution is -2.39. The van der Waals surface area contributed by atoms with E-state index in [-0.39, 0.29) is 17.3 Å². The van der Waals surface area contributed by atoms with E-state index in [1.54, 1.807) is 6.20 Å². The van der Waals surface area contributed by atoms with Gasteiger partial charge in [0.2, 0.25) is 0 Å². The van der Waals surface area contributed by atoms with Crippen molar-refractivity contribution in [1.29, 1.82) is 0 Å². The van der Waals surface area contributed by atoms with Crippen molar-refractivity contribution < 1.29 is 0 Å². The molecule has 0 saturated heterocycles. The van der Waals surface area contributed by atoms with Crippen molar-refractivity contribution in [2.45, 2.75) is 58.4 Å². The molecule has 1 fully saturated rings. The van der Waals surface area contributed by atoms with Crippen LogP contribution in [0, 0.1) is 5.92 Å². The smallest absolute Gasteiger partial charge is 0.306 e. The van der Waals surface area contributed by atoms with Gasteiger partial charge in [0, 0.05) is 17.6 Å². The lowest BCUT2D eigenvalue weighted by Gasteiger charge is -2.21. The first-order valence-corrected chi connectivity index (χ1v) is 9.55. The van der Waals surface area contributed by atoms with Gasteiger partial charge in [-0.2, -0.15) is 0 Å². The van der Waals surface area contributed by atoms with E-state index in [2.05, 4.69) is 23.8 Å². The van der Waals surface area contributed by atoms with Gasteiger partial charge in [0.25, 0.3) is 5.56 Å². The number of nitrogens with one attached hydrogen (secondary N) is 1. The Bertz CT molecular complexity index is 1090. The van der Waals surface area contributed by atoms with Gasteiger partial charge in [-0.25, -0.2) is 4.79 Å². The Hall–Kier alpha value is -2.43. The van der Waals surface area contributed by atoms with E-state index in [4.69, 9.17) is 0 Å². The van der Waals surface area contributed by atoms with Gasteiger partial charge in [-0.3, -0.25) is 14.3 Å². The molecular formula is C21H25N3O2. The van der Waals surface area contributed by atoms with Crippen molar-refractivity contribution >= 4 is 21.8 Å². The molecule has 0 bridgehead atoms. The van der Waals surface area contributed by atoms with Crippen LogP contribution in [0.15, 0.2) is 34.0 Å². The van der Waals surface area contributed by atoms with Crippen molar-refractivity contribution in [2.75, 3.05) is 0 Å². The minimum Gasteiger partial charge on any atom is -0.306 e. The standard InChI is InChI=1S/C21H25N3O2/c1-12(2)15-9-6-10-16-18(15)22-11-17-19(16)23-21(26)24(20(17)25)13(3)14-7-4-5-8-14/h6,9-14H,4-5,7-8H2,1-3H3,(H,23,26). The number of H-pyrrole nitrogens is 1. The van der Waals surface area contributed by atoms with Gasteiger partial charge in [-0.05, 0) is 37.2 Å². The predicted octanol–water partition coefficient (Wildman–Crippen LogP) is 4.11. The fourth-order valence-corrected chi connectivity index (χ4v) is 4.42. The second-order valence-corrected chi connectivity index (χ2v) is 7.84. The molecule has 1 saturated carbocycles. The summed E-state index contributed by atoms with van der Waals surface area (Å²) < 4.78 is 1.40. The molecule has 5 heteroatoms. The molecule has 0 radical (unpaired) electrons. The number of aromatic nitrogens is 3. The second-order valence-electron chi connectivity index (χ2n) is 7.84. The van der Waals surface area contributed by atoms with Gasteiger partial charge in [-0.1, -0.05) is 44.9 Å². The highest BCUT2D eigenvalue weighted by Crippen LogP contribution is 2.33. The van der Waals surface area contributed by atoms with Crippen molar-refractivity contribution in [3.8, 4) is 0 Å². The van der Waals surface area contributed by atoms with E-state index in [0.29, 0.717) is 22.7 Å². The summed E-state index contributed by atoms with van der Waals surface area (Å²) in [5.41, 5.74) is 2.03. The summed E-state index contributed by atoms with van der Waals surface area (Å²) in [5, 5.41) is 1.33. The van der Waals surface area contributed by atoms with Crippen LogP contribution < -0.4 is 11.2 Å². The molecule has 3 aromatic rings. The van der Waals surface area contributed by atoms with E-state index in [9.17, 15) is 9.59 Å². The molecule has 5 nitrogen and oxygen atoms in total. The third-order valence-corrected chi connectivity index (χ3v) is 5.94. The molecule has 26 heavy (non-hydrogen) atoms. The number of rotatable bonds is 3. The van der Waals surface area contributed by atoms with Gasteiger partial charge in [0.05, 0.1) is 16.4 Å². The third kappa shape index (κ3) is 2.57. The highest BCUT2D eigenvalue weighted by atomic mass is 16.2. The predicted molar refractivity (Wildman–Crippen MR) is 105 cm³/mol. The molecule has 0 amide bonds. The van der Waals surface area contributed by atoms with Crippen molar-refractivity contribution in [1.82, 2.24) is 14.5 Å². The van der Waals surface area contributed by atoms with Gasteiger partial charge < -0.3 is 4.98 Å². The Morgan fingerprint density at radius 2 is 1.85 bits per heavy atom. The lowest BCUT2D eigenvalue weighted by atomic mass is 9.98. The summed E-state index contributed by atoms with van der Waals surface area (Å²) in [6.07, 6.45) is 6.15. The first kappa shape index (κ1) is 17.0. The number of pyridine rings is 1. The Kier molecular flexibility index (Phi) is 4.17. The van der Waals surface area contributed by atoms with Crippen LogP contribution in [-0.4, -0.2) is 14.5 Å². The molecule has 1 aromatic carbocycles. The number of fused-ring (bicyclic) bond motifs is 3. The first-order chi connectivity index (χ1) is 12.5. The van der Waals surface area contributed by atoms with Crippen LogP contribution in [0.25, 0.3) is 21.8 Å². The van der Waals surface area contributed by atoms with Gasteiger partial charge in [0.15, 0.2) is 0 Å². The molecule has 0 aliphatic heterocycles. The maximum Gasteiger partial charge on any atom is 0.329 e. The molecule has 4 rings (SSSR count). The minimum absolute atomic E-state index is 0.0872. The second kappa shape index (κ2) is 6.38. The summed E-state index contributed by atoms with van der Waals surface area (Å²) in [6.45, 7) is 6.22. The van der Waals surface area contributed by atoms with Crippen LogP contribution in [-0.2, 0) is 0 Å². The van der Waals surface area contributed by atoms with Crippen LogP contribution in [0.3, 0.4) is 0 Å². The highest BCUT2D eigenvalue weighted by Gasteiger charge is 2.26. The number of hydrogen-bond donors (Lipinski definition) is 1. The van der Waals surface area contributed by atoms with Crippen LogP contribution in [0.1, 0.15) is 64.0 Å². The molecule has 2 heterocycles. The fraction of sp³-hybridized carbons (Fsp3) is 0.476.